The molecule has 0 amide bonds. The minimum atomic E-state index is -0.347. The van der Waals surface area contributed by atoms with E-state index in [2.05, 4.69) is 29.4 Å². The Balaban J connectivity index is 1.68. The molecule has 0 spiro atoms. The van der Waals surface area contributed by atoms with Crippen molar-refractivity contribution in [2.24, 2.45) is 13.0 Å². The third kappa shape index (κ3) is 2.48. The molecule has 0 bridgehead atoms. The second-order valence-corrected chi connectivity index (χ2v) is 6.02. The molecule has 20 heavy (non-hydrogen) atoms. The molecule has 3 rings (SSSR count). The number of aliphatic hydroxyl groups is 1. The fourth-order valence-electron chi connectivity index (χ4n) is 2.99. The lowest BCUT2D eigenvalue weighted by Crippen LogP contribution is -2.14. The Morgan fingerprint density at radius 2 is 2.10 bits per heavy atom. The Kier molecular flexibility index (Phi) is 3.57. The zero-order valence-corrected chi connectivity index (χ0v) is 12.5. The molecule has 1 aliphatic carbocycles. The predicted molar refractivity (Wildman–Crippen MR) is 80.0 cm³/mol. The van der Waals surface area contributed by atoms with Crippen LogP contribution in [-0.4, -0.2) is 21.0 Å². The van der Waals surface area contributed by atoms with E-state index >= 15 is 0 Å². The Bertz CT molecular complexity index is 608. The van der Waals surface area contributed by atoms with Crippen molar-refractivity contribution in [1.29, 1.82) is 0 Å². The van der Waals surface area contributed by atoms with E-state index in [9.17, 15) is 5.11 Å². The first kappa shape index (κ1) is 13.7. The normalized spacial score (nSPS) is 22.8. The topological polar surface area (TPSA) is 38.0 Å². The lowest BCUT2D eigenvalue weighted by atomic mass is 10.0. The smallest absolute Gasteiger partial charge is 0.130 e. The lowest BCUT2D eigenvalue weighted by molar-refractivity contribution is 0.149. The van der Waals surface area contributed by atoms with Gasteiger partial charge in [0.1, 0.15) is 5.15 Å². The van der Waals surface area contributed by atoms with Gasteiger partial charge in [-0.05, 0) is 30.7 Å². The molecule has 2 aromatic rings. The molecule has 3 unspecified atom stereocenters. The first-order valence-electron chi connectivity index (χ1n) is 6.99. The predicted octanol–water partition coefficient (Wildman–Crippen LogP) is 3.09. The lowest BCUT2D eigenvalue weighted by Gasteiger charge is -2.10. The minimum Gasteiger partial charge on any atom is -0.392 e. The van der Waals surface area contributed by atoms with Crippen molar-refractivity contribution in [2.45, 2.75) is 31.8 Å². The molecule has 3 atom stereocenters. The van der Waals surface area contributed by atoms with Crippen molar-refractivity contribution >= 4 is 11.6 Å². The number of nitrogens with zero attached hydrogens (tertiary/aromatic N) is 2. The number of aromatic nitrogens is 2. The average Bonchev–Trinajstić information content (AvgIpc) is 3.20. The highest BCUT2D eigenvalue weighted by molar-refractivity contribution is 6.30. The van der Waals surface area contributed by atoms with Gasteiger partial charge in [-0.3, -0.25) is 4.68 Å². The van der Waals surface area contributed by atoms with Crippen molar-refractivity contribution in [3.05, 3.63) is 52.3 Å². The van der Waals surface area contributed by atoms with Crippen molar-refractivity contribution in [3.8, 4) is 0 Å². The molecule has 1 aromatic carbocycles. The second-order valence-electron chi connectivity index (χ2n) is 5.67. The number of hydrogen-bond donors (Lipinski definition) is 1. The number of halogens is 1. The highest BCUT2D eigenvalue weighted by atomic mass is 35.5. The van der Waals surface area contributed by atoms with Crippen LogP contribution in [0.3, 0.4) is 0 Å². The van der Waals surface area contributed by atoms with Crippen molar-refractivity contribution < 1.29 is 5.11 Å². The van der Waals surface area contributed by atoms with E-state index in [1.54, 1.807) is 4.68 Å². The van der Waals surface area contributed by atoms with Crippen LogP contribution >= 0.6 is 11.6 Å². The molecule has 1 aromatic heterocycles. The molecule has 1 heterocycles. The number of hydrogen-bond acceptors (Lipinski definition) is 2. The molecular formula is C16H19ClN2O. The van der Waals surface area contributed by atoms with Crippen LogP contribution in [-0.2, 0) is 13.5 Å². The molecule has 106 valence electrons. The van der Waals surface area contributed by atoms with Gasteiger partial charge >= 0.3 is 0 Å². The first-order chi connectivity index (χ1) is 9.58. The molecule has 0 radical (unpaired) electrons. The zero-order valence-electron chi connectivity index (χ0n) is 11.8. The molecule has 1 fully saturated rings. The summed E-state index contributed by atoms with van der Waals surface area (Å²) in [7, 11) is 1.83. The van der Waals surface area contributed by atoms with Gasteiger partial charge in [0.25, 0.3) is 0 Å². The quantitative estimate of drug-likeness (QED) is 0.940. The van der Waals surface area contributed by atoms with Crippen LogP contribution in [0.2, 0.25) is 5.15 Å². The monoisotopic (exact) mass is 290 g/mol. The minimum absolute atomic E-state index is 0.341. The first-order valence-corrected chi connectivity index (χ1v) is 7.36. The second kappa shape index (κ2) is 5.23. The summed E-state index contributed by atoms with van der Waals surface area (Å²) in [6.45, 7) is 1.94. The number of benzene rings is 1. The van der Waals surface area contributed by atoms with E-state index in [1.807, 2.05) is 20.0 Å². The summed E-state index contributed by atoms with van der Waals surface area (Å²) in [6, 6.07) is 10.4. The Labute approximate surface area is 124 Å². The third-order valence-electron chi connectivity index (χ3n) is 4.24. The number of rotatable bonds is 4. The van der Waals surface area contributed by atoms with E-state index in [1.165, 1.54) is 5.56 Å². The van der Waals surface area contributed by atoms with Gasteiger partial charge in [0.15, 0.2) is 0 Å². The summed E-state index contributed by atoms with van der Waals surface area (Å²) in [4.78, 5) is 0. The van der Waals surface area contributed by atoms with E-state index < -0.39 is 0 Å². The highest BCUT2D eigenvalue weighted by Gasteiger charge is 2.43. The summed E-state index contributed by atoms with van der Waals surface area (Å²) in [5, 5.41) is 15.4. The fraction of sp³-hybridized carbons (Fsp3) is 0.438. The van der Waals surface area contributed by atoms with Gasteiger partial charge < -0.3 is 5.11 Å². The molecule has 4 heteroatoms. The van der Waals surface area contributed by atoms with Crippen LogP contribution in [0.5, 0.6) is 0 Å². The Morgan fingerprint density at radius 3 is 2.70 bits per heavy atom. The van der Waals surface area contributed by atoms with Gasteiger partial charge in [0.05, 0.1) is 11.8 Å². The average molecular weight is 291 g/mol. The Morgan fingerprint density at radius 1 is 1.40 bits per heavy atom. The third-order valence-corrected chi connectivity index (χ3v) is 4.72. The van der Waals surface area contributed by atoms with Crippen LogP contribution < -0.4 is 0 Å². The maximum Gasteiger partial charge on any atom is 0.130 e. The number of aryl methyl sites for hydroxylation is 2. The maximum atomic E-state index is 10.4. The fourth-order valence-corrected chi connectivity index (χ4v) is 3.24. The molecular weight excluding hydrogens is 272 g/mol. The van der Waals surface area contributed by atoms with Crippen LogP contribution in [0.1, 0.15) is 29.2 Å². The molecule has 3 nitrogen and oxygen atoms in total. The summed E-state index contributed by atoms with van der Waals surface area (Å²) < 4.78 is 1.67. The van der Waals surface area contributed by atoms with Gasteiger partial charge in [-0.15, -0.1) is 0 Å². The zero-order chi connectivity index (χ0) is 14.3. The molecule has 0 aliphatic heterocycles. The van der Waals surface area contributed by atoms with Crippen molar-refractivity contribution in [2.75, 3.05) is 0 Å². The molecule has 1 saturated carbocycles. The van der Waals surface area contributed by atoms with Gasteiger partial charge in [-0.2, -0.15) is 5.10 Å². The molecule has 0 saturated heterocycles. The molecule has 1 N–H and O–H groups in total. The number of aliphatic hydroxyl groups excluding tert-OH is 1. The van der Waals surface area contributed by atoms with Crippen molar-refractivity contribution in [3.63, 3.8) is 0 Å². The summed E-state index contributed by atoms with van der Waals surface area (Å²) in [5.74, 6) is 0.829. The summed E-state index contributed by atoms with van der Waals surface area (Å²) in [5.41, 5.74) is 3.21. The van der Waals surface area contributed by atoms with E-state index in [4.69, 9.17) is 11.6 Å². The van der Waals surface area contributed by atoms with Gasteiger partial charge in [0.2, 0.25) is 0 Å². The summed E-state index contributed by atoms with van der Waals surface area (Å²) >= 11 is 6.23. The van der Waals surface area contributed by atoms with Crippen LogP contribution in [0.15, 0.2) is 30.3 Å². The van der Waals surface area contributed by atoms with Gasteiger partial charge in [-0.1, -0.05) is 41.9 Å². The van der Waals surface area contributed by atoms with E-state index in [0.29, 0.717) is 23.4 Å². The summed E-state index contributed by atoms with van der Waals surface area (Å²) in [6.07, 6.45) is 1.30. The highest BCUT2D eigenvalue weighted by Crippen LogP contribution is 2.50. The van der Waals surface area contributed by atoms with Gasteiger partial charge in [-0.25, -0.2) is 0 Å². The SMILES string of the molecule is Cc1nn(C)c(Cl)c1CC(O)C1CC1c1ccccc1. The standard InChI is InChI=1S/C16H19ClN2O/c1-10-12(16(17)19(2)18-10)9-15(20)14-8-13(14)11-6-4-3-5-7-11/h3-7,13-15,20H,8-9H2,1-2H3. The van der Waals surface area contributed by atoms with Crippen LogP contribution in [0.25, 0.3) is 0 Å². The van der Waals surface area contributed by atoms with Crippen LogP contribution in [0, 0.1) is 12.8 Å². The Hall–Kier alpha value is -1.32. The largest absolute Gasteiger partial charge is 0.392 e. The van der Waals surface area contributed by atoms with Crippen molar-refractivity contribution in [1.82, 2.24) is 9.78 Å². The van der Waals surface area contributed by atoms with Gasteiger partial charge in [0, 0.05) is 19.0 Å². The molecule has 1 aliphatic rings. The van der Waals surface area contributed by atoms with E-state index in [0.717, 1.165) is 17.7 Å². The van der Waals surface area contributed by atoms with E-state index in [-0.39, 0.29) is 6.10 Å². The van der Waals surface area contributed by atoms with Crippen LogP contribution in [0.4, 0.5) is 0 Å². The maximum absolute atomic E-state index is 10.4.